The Morgan fingerprint density at radius 1 is 1.02 bits per heavy atom. The fraction of sp³-hybridized carbons (Fsp3) is 0.0667. The van der Waals surface area contributed by atoms with Gasteiger partial charge in [-0.25, -0.2) is 4.98 Å². The highest BCUT2D eigenvalue weighted by Crippen LogP contribution is 2.42. The van der Waals surface area contributed by atoms with Gasteiger partial charge in [-0.3, -0.25) is 9.59 Å². The van der Waals surface area contributed by atoms with Gasteiger partial charge in [-0.05, 0) is 74.3 Å². The zero-order valence-corrected chi connectivity index (χ0v) is 25.4. The molecule has 0 saturated carbocycles. The van der Waals surface area contributed by atoms with E-state index in [-0.39, 0.29) is 18.1 Å². The molecule has 1 N–H and O–H groups in total. The average Bonchev–Trinajstić information content (AvgIpc) is 2.99. The van der Waals surface area contributed by atoms with Crippen LogP contribution >= 0.6 is 43.5 Å². The number of carbonyl (C=O) groups is 1. The van der Waals surface area contributed by atoms with Crippen molar-refractivity contribution in [3.05, 3.63) is 115 Å². The number of fused-ring (bicyclic) bond motifs is 1. The summed E-state index contributed by atoms with van der Waals surface area (Å²) in [4.78, 5) is 30.7. The molecule has 0 fully saturated rings. The van der Waals surface area contributed by atoms with Crippen LogP contribution in [0.2, 0.25) is 5.02 Å². The lowest BCUT2D eigenvalue weighted by atomic mass is 10.2. The van der Waals surface area contributed by atoms with Gasteiger partial charge in [0.1, 0.15) is 0 Å². The van der Waals surface area contributed by atoms with Crippen LogP contribution < -0.4 is 20.3 Å². The predicted octanol–water partition coefficient (Wildman–Crippen LogP) is 7.15. The molecule has 0 radical (unpaired) electrons. The first kappa shape index (κ1) is 28.5. The number of aromatic nitrogens is 2. The van der Waals surface area contributed by atoms with E-state index in [0.29, 0.717) is 53.4 Å². The molecule has 1 aromatic heterocycles. The molecule has 0 bridgehead atoms. The summed E-state index contributed by atoms with van der Waals surface area (Å²) in [5.74, 6) is 0.712. The molecule has 5 rings (SSSR count). The Hall–Kier alpha value is -3.99. The molecule has 0 aliphatic heterocycles. The Morgan fingerprint density at radius 2 is 1.73 bits per heavy atom. The van der Waals surface area contributed by atoms with E-state index in [4.69, 9.17) is 26.1 Å². The largest absolute Gasteiger partial charge is 0.493 e. The molecule has 41 heavy (non-hydrogen) atoms. The number of ether oxygens (including phenoxy) is 2. The van der Waals surface area contributed by atoms with E-state index in [9.17, 15) is 9.59 Å². The third-order valence-corrected chi connectivity index (χ3v) is 8.34. The number of methoxy groups -OCH3 is 1. The van der Waals surface area contributed by atoms with Gasteiger partial charge in [-0.15, -0.1) is 0 Å². The van der Waals surface area contributed by atoms with Crippen LogP contribution in [0.15, 0.2) is 104 Å². The number of hydrogen-bond donors (Lipinski definition) is 1. The van der Waals surface area contributed by atoms with Crippen molar-refractivity contribution < 1.29 is 14.3 Å². The molecule has 8 nitrogen and oxygen atoms in total. The number of carbonyl (C=O) groups excluding carboxylic acids is 1. The van der Waals surface area contributed by atoms with Crippen LogP contribution in [0.1, 0.15) is 5.56 Å². The van der Waals surface area contributed by atoms with E-state index in [0.717, 1.165) is 5.56 Å². The number of hydrogen-bond acceptors (Lipinski definition) is 6. The third kappa shape index (κ3) is 6.35. The lowest BCUT2D eigenvalue weighted by Crippen LogP contribution is -2.20. The number of halogens is 3. The number of anilines is 1. The van der Waals surface area contributed by atoms with Crippen LogP contribution in [0.25, 0.3) is 22.3 Å². The van der Waals surface area contributed by atoms with E-state index in [1.165, 1.54) is 18.0 Å². The molecule has 206 valence electrons. The van der Waals surface area contributed by atoms with Crippen LogP contribution in [0.4, 0.5) is 5.69 Å². The average molecular weight is 697 g/mol. The van der Waals surface area contributed by atoms with Gasteiger partial charge in [0.05, 0.1) is 28.7 Å². The van der Waals surface area contributed by atoms with E-state index >= 15 is 0 Å². The summed E-state index contributed by atoms with van der Waals surface area (Å²) in [7, 11) is 1.49. The lowest BCUT2D eigenvalue weighted by molar-refractivity contribution is -0.118. The van der Waals surface area contributed by atoms with Gasteiger partial charge >= 0.3 is 0 Å². The van der Waals surface area contributed by atoms with E-state index in [2.05, 4.69) is 42.3 Å². The summed E-state index contributed by atoms with van der Waals surface area (Å²) < 4.78 is 13.7. The van der Waals surface area contributed by atoms with Crippen LogP contribution in [-0.2, 0) is 4.79 Å². The molecular weight excluding hydrogens is 676 g/mol. The highest BCUT2D eigenvalue weighted by molar-refractivity contribution is 9.13. The molecule has 0 aliphatic carbocycles. The molecule has 4 aromatic carbocycles. The molecule has 11 heteroatoms. The van der Waals surface area contributed by atoms with E-state index < -0.39 is 0 Å². The van der Waals surface area contributed by atoms with Gasteiger partial charge in [0.15, 0.2) is 23.9 Å². The minimum Gasteiger partial charge on any atom is -0.493 e. The zero-order chi connectivity index (χ0) is 28.9. The minimum atomic E-state index is -0.361. The first-order valence-corrected chi connectivity index (χ1v) is 14.2. The summed E-state index contributed by atoms with van der Waals surface area (Å²) >= 11 is 13.0. The third-order valence-electron chi connectivity index (χ3n) is 5.95. The van der Waals surface area contributed by atoms with Crippen molar-refractivity contribution >= 4 is 72.2 Å². The smallest absolute Gasteiger partial charge is 0.282 e. The molecule has 1 heterocycles. The topological polar surface area (TPSA) is 94.8 Å². The molecule has 0 spiro atoms. The molecule has 0 unspecified atom stereocenters. The quantitative estimate of drug-likeness (QED) is 0.174. The normalized spacial score (nSPS) is 11.1. The second kappa shape index (κ2) is 12.7. The summed E-state index contributed by atoms with van der Waals surface area (Å²) in [6.45, 7) is -0.268. The maximum absolute atomic E-state index is 13.5. The molecule has 0 saturated heterocycles. The molecule has 0 aliphatic rings. The maximum Gasteiger partial charge on any atom is 0.282 e. The molecule has 1 amide bonds. The second-order valence-electron chi connectivity index (χ2n) is 8.65. The highest BCUT2D eigenvalue weighted by atomic mass is 79.9. The molecule has 0 atom stereocenters. The fourth-order valence-corrected chi connectivity index (χ4v) is 5.04. The number of nitrogens with zero attached hydrogens (tertiary/aromatic N) is 3. The van der Waals surface area contributed by atoms with Crippen LogP contribution in [-0.4, -0.2) is 35.5 Å². The number of amides is 1. The Bertz CT molecular complexity index is 1830. The van der Waals surface area contributed by atoms with Crippen molar-refractivity contribution in [2.45, 2.75) is 0 Å². The van der Waals surface area contributed by atoms with Crippen molar-refractivity contribution in [2.24, 2.45) is 5.10 Å². The van der Waals surface area contributed by atoms with Gasteiger partial charge in [0.25, 0.3) is 11.5 Å². The summed E-state index contributed by atoms with van der Waals surface area (Å²) in [5, 5.41) is 8.30. The summed E-state index contributed by atoms with van der Waals surface area (Å²) in [5.41, 5.74) is 2.20. The van der Waals surface area contributed by atoms with Crippen LogP contribution in [0, 0.1) is 0 Å². The molecule has 5 aromatic rings. The Kier molecular flexibility index (Phi) is 8.82. The van der Waals surface area contributed by atoms with Gasteiger partial charge < -0.3 is 14.8 Å². The van der Waals surface area contributed by atoms with E-state index in [1.54, 1.807) is 48.5 Å². The number of para-hydroxylation sites is 1. The zero-order valence-electron chi connectivity index (χ0n) is 21.5. The Morgan fingerprint density at radius 3 is 2.46 bits per heavy atom. The standard InChI is InChI=1S/C30H21Br2ClN4O4/c1-40-24-15-19(26(31)27(32)28(24)41-17-25(38)35-21-13-11-20(33)12-14-21)16-34-37-29(18-7-3-2-4-8-18)36-23-10-6-5-9-22(23)30(37)39/h2-16H,17H2,1H3,(H,35,38). The van der Waals surface area contributed by atoms with Crippen molar-refractivity contribution in [3.63, 3.8) is 0 Å². The summed E-state index contributed by atoms with van der Waals surface area (Å²) in [6.07, 6.45) is 1.53. The van der Waals surface area contributed by atoms with Crippen molar-refractivity contribution in [2.75, 3.05) is 19.0 Å². The van der Waals surface area contributed by atoms with E-state index in [1.807, 2.05) is 36.4 Å². The summed E-state index contributed by atoms with van der Waals surface area (Å²) in [6, 6.07) is 24.9. The van der Waals surface area contributed by atoms with Crippen molar-refractivity contribution in [1.82, 2.24) is 9.66 Å². The van der Waals surface area contributed by atoms with Gasteiger partial charge in [0.2, 0.25) is 0 Å². The Labute approximate surface area is 256 Å². The Balaban J connectivity index is 1.46. The van der Waals surface area contributed by atoms with Crippen molar-refractivity contribution in [1.29, 1.82) is 0 Å². The van der Waals surface area contributed by atoms with Crippen LogP contribution in [0.3, 0.4) is 0 Å². The lowest BCUT2D eigenvalue weighted by Gasteiger charge is -2.15. The number of benzene rings is 4. The second-order valence-corrected chi connectivity index (χ2v) is 10.7. The molecular formula is C30H21Br2ClN4O4. The fourth-order valence-electron chi connectivity index (χ4n) is 3.98. The van der Waals surface area contributed by atoms with Gasteiger partial charge in [0, 0.05) is 26.3 Å². The van der Waals surface area contributed by atoms with Crippen LogP contribution in [0.5, 0.6) is 11.5 Å². The van der Waals surface area contributed by atoms with Gasteiger partial charge in [-0.2, -0.15) is 9.78 Å². The number of rotatable bonds is 8. The monoisotopic (exact) mass is 694 g/mol. The van der Waals surface area contributed by atoms with Gasteiger partial charge in [-0.1, -0.05) is 54.1 Å². The first-order chi connectivity index (χ1) is 19.9. The SMILES string of the molecule is COc1cc(C=Nn2c(-c3ccccc3)nc3ccccc3c2=O)c(Br)c(Br)c1OCC(=O)Nc1ccc(Cl)cc1. The minimum absolute atomic E-state index is 0.268. The maximum atomic E-state index is 13.5. The highest BCUT2D eigenvalue weighted by Gasteiger charge is 2.19. The number of nitrogens with one attached hydrogen (secondary N) is 1. The predicted molar refractivity (Wildman–Crippen MR) is 168 cm³/mol. The first-order valence-electron chi connectivity index (χ1n) is 12.2. The van der Waals surface area contributed by atoms with Crippen molar-refractivity contribution in [3.8, 4) is 22.9 Å².